The molecule has 0 bridgehead atoms. The third kappa shape index (κ3) is 7.82. The number of carbonyl (C=O) groups excluding carboxylic acids is 6. The van der Waals surface area contributed by atoms with Gasteiger partial charge in [-0.25, -0.2) is 9.59 Å². The normalized spacial score (nSPS) is 19.0. The Kier molecular flexibility index (Phi) is 11.8. The van der Waals surface area contributed by atoms with E-state index in [9.17, 15) is 28.8 Å². The number of rotatable bonds is 10. The van der Waals surface area contributed by atoms with Crippen molar-refractivity contribution in [3.8, 4) is 0 Å². The summed E-state index contributed by atoms with van der Waals surface area (Å²) in [5, 5.41) is -0.0447. The number of amides is 4. The summed E-state index contributed by atoms with van der Waals surface area (Å²) in [7, 11) is 2.33. The lowest BCUT2D eigenvalue weighted by atomic mass is 10.2. The van der Waals surface area contributed by atoms with Gasteiger partial charge in [-0.15, -0.1) is 0 Å². The van der Waals surface area contributed by atoms with Crippen LogP contribution >= 0.6 is 23.5 Å². The maximum atomic E-state index is 13.6. The van der Waals surface area contributed by atoms with E-state index in [2.05, 4.69) is 19.5 Å². The maximum absolute atomic E-state index is 13.6. The molecule has 4 amide bonds. The number of ether oxygens (including phenoxy) is 2. The number of benzene rings is 1. The molecule has 2 aliphatic heterocycles. The van der Waals surface area contributed by atoms with Crippen molar-refractivity contribution < 1.29 is 38.2 Å². The van der Waals surface area contributed by atoms with Crippen molar-refractivity contribution in [2.45, 2.75) is 52.4 Å². The number of methoxy groups -OCH3 is 2. The molecular weight excluding hydrogens is 584 g/mol. The summed E-state index contributed by atoms with van der Waals surface area (Å²) in [5.41, 5.74) is 0.263. The average Bonchev–Trinajstić information content (AvgIpc) is 3.44. The predicted molar refractivity (Wildman–Crippen MR) is 161 cm³/mol. The van der Waals surface area contributed by atoms with E-state index < -0.39 is 35.6 Å². The van der Waals surface area contributed by atoms with Crippen LogP contribution in [0.3, 0.4) is 0 Å². The SMILES string of the molecule is CCCCC(=O)N=C1S/C(=C\C(=O)OC)C(=O)N1c1ccccc1N1C(=O)/C(=C/C(=O)OC)SC1=NC(=O)CCCC. The number of nitrogens with zero attached hydrogens (tertiary/aromatic N) is 4. The molecule has 12 nitrogen and oxygen atoms in total. The predicted octanol–water partition coefficient (Wildman–Crippen LogP) is 4.11. The number of amidine groups is 2. The number of thioether (sulfide) groups is 2. The van der Waals surface area contributed by atoms with Crippen molar-refractivity contribution in [3.63, 3.8) is 0 Å². The van der Waals surface area contributed by atoms with Gasteiger partial charge in [-0.2, -0.15) is 9.98 Å². The summed E-state index contributed by atoms with van der Waals surface area (Å²) in [6, 6.07) is 6.27. The number of carbonyl (C=O) groups is 6. The standard InChI is InChI=1S/C28H30N4O8S2/c1-5-7-13-21(33)29-27-31(25(37)19(41-27)15-23(35)39-3)17-11-9-10-12-18(17)32-26(38)20(16-24(36)40-4)42-28(32)30-22(34)14-8-6-2/h9-12,15-16H,5-8,13-14H2,1-4H3/b19-15-,20-16-,29-27?,30-28?. The van der Waals surface area contributed by atoms with Gasteiger partial charge in [0, 0.05) is 25.0 Å². The first-order valence-electron chi connectivity index (χ1n) is 13.1. The molecule has 2 fully saturated rings. The Hall–Kier alpha value is -4.04. The fourth-order valence-electron chi connectivity index (χ4n) is 3.68. The first-order chi connectivity index (χ1) is 20.1. The van der Waals surface area contributed by atoms with E-state index in [1.54, 1.807) is 12.1 Å². The van der Waals surface area contributed by atoms with Crippen LogP contribution in [0, 0.1) is 0 Å². The lowest BCUT2D eigenvalue weighted by molar-refractivity contribution is -0.135. The molecule has 222 valence electrons. The van der Waals surface area contributed by atoms with E-state index in [4.69, 9.17) is 0 Å². The zero-order valence-electron chi connectivity index (χ0n) is 23.6. The third-order valence-electron chi connectivity index (χ3n) is 5.81. The molecule has 0 N–H and O–H groups in total. The van der Waals surface area contributed by atoms with E-state index in [1.807, 2.05) is 13.8 Å². The molecule has 14 heteroatoms. The van der Waals surface area contributed by atoms with Gasteiger partial charge in [-0.3, -0.25) is 29.0 Å². The van der Waals surface area contributed by atoms with E-state index in [-0.39, 0.29) is 44.4 Å². The lowest BCUT2D eigenvalue weighted by Crippen LogP contribution is -2.35. The van der Waals surface area contributed by atoms with Gasteiger partial charge in [0.1, 0.15) is 0 Å². The summed E-state index contributed by atoms with van der Waals surface area (Å²) in [6.07, 6.45) is 5.01. The van der Waals surface area contributed by atoms with E-state index in [1.165, 1.54) is 26.4 Å². The molecule has 3 rings (SSSR count). The first kappa shape index (κ1) is 32.5. The molecule has 42 heavy (non-hydrogen) atoms. The van der Waals surface area contributed by atoms with E-state index in [0.717, 1.165) is 58.3 Å². The molecule has 0 spiro atoms. The highest BCUT2D eigenvalue weighted by atomic mass is 32.2. The minimum absolute atomic E-state index is 0.0224. The second-order valence-electron chi connectivity index (χ2n) is 8.82. The van der Waals surface area contributed by atoms with Gasteiger partial charge in [-0.05, 0) is 48.5 Å². The Morgan fingerprint density at radius 1 is 0.738 bits per heavy atom. The van der Waals surface area contributed by atoms with Crippen LogP contribution in [0.1, 0.15) is 52.4 Å². The Labute approximate surface area is 251 Å². The van der Waals surface area contributed by atoms with Gasteiger partial charge < -0.3 is 9.47 Å². The Bertz CT molecular complexity index is 1310. The monoisotopic (exact) mass is 614 g/mol. The number of unbranched alkanes of at least 4 members (excludes halogenated alkanes) is 2. The van der Waals surface area contributed by atoms with Crippen molar-refractivity contribution in [3.05, 3.63) is 46.2 Å². The highest BCUT2D eigenvalue weighted by molar-refractivity contribution is 8.19. The van der Waals surface area contributed by atoms with Gasteiger partial charge in [0.05, 0.1) is 35.4 Å². The number of aliphatic imine (C=N–C) groups is 2. The molecule has 2 aliphatic rings. The second-order valence-corrected chi connectivity index (χ2v) is 10.8. The molecule has 0 aliphatic carbocycles. The molecular formula is C28H30N4O8S2. The molecule has 0 radical (unpaired) electrons. The van der Waals surface area contributed by atoms with Crippen LogP contribution in [-0.2, 0) is 38.2 Å². The molecule has 2 saturated heterocycles. The molecule has 1 aromatic rings. The van der Waals surface area contributed by atoms with Crippen LogP contribution < -0.4 is 9.80 Å². The second kappa shape index (κ2) is 15.3. The molecule has 0 atom stereocenters. The Balaban J connectivity index is 2.18. The molecule has 0 saturated carbocycles. The Morgan fingerprint density at radius 2 is 1.12 bits per heavy atom. The van der Waals surface area contributed by atoms with Crippen LogP contribution in [0.4, 0.5) is 11.4 Å². The Morgan fingerprint density at radius 3 is 1.45 bits per heavy atom. The van der Waals surface area contributed by atoms with Crippen LogP contribution in [0.5, 0.6) is 0 Å². The number of anilines is 2. The fourth-order valence-corrected chi connectivity index (χ4v) is 5.58. The van der Waals surface area contributed by atoms with E-state index >= 15 is 0 Å². The van der Waals surface area contributed by atoms with Crippen LogP contribution in [0.2, 0.25) is 0 Å². The van der Waals surface area contributed by atoms with Crippen molar-refractivity contribution in [2.75, 3.05) is 24.0 Å². The summed E-state index contributed by atoms with van der Waals surface area (Å²) in [5.74, 6) is -3.84. The fraction of sp³-hybridized carbons (Fsp3) is 0.357. The van der Waals surface area contributed by atoms with Gasteiger partial charge >= 0.3 is 11.9 Å². The molecule has 1 aromatic carbocycles. The minimum atomic E-state index is -0.777. The van der Waals surface area contributed by atoms with Crippen molar-refractivity contribution in [1.82, 2.24) is 0 Å². The van der Waals surface area contributed by atoms with Gasteiger partial charge in [0.25, 0.3) is 11.8 Å². The van der Waals surface area contributed by atoms with Gasteiger partial charge in [0.2, 0.25) is 11.8 Å². The van der Waals surface area contributed by atoms with Crippen LogP contribution in [0.15, 0.2) is 56.2 Å². The average molecular weight is 615 g/mol. The molecule has 2 heterocycles. The zero-order chi connectivity index (χ0) is 30.8. The number of esters is 2. The third-order valence-corrected chi connectivity index (χ3v) is 7.74. The first-order valence-corrected chi connectivity index (χ1v) is 14.7. The minimum Gasteiger partial charge on any atom is -0.466 e. The summed E-state index contributed by atoms with van der Waals surface area (Å²) in [4.78, 5) is 86.9. The van der Waals surface area contributed by atoms with Crippen molar-refractivity contribution >= 4 is 80.8 Å². The summed E-state index contributed by atoms with van der Waals surface area (Å²) in [6.45, 7) is 3.85. The van der Waals surface area contributed by atoms with E-state index in [0.29, 0.717) is 12.8 Å². The maximum Gasteiger partial charge on any atom is 0.331 e. The topological polar surface area (TPSA) is 152 Å². The quantitative estimate of drug-likeness (QED) is 0.278. The zero-order valence-corrected chi connectivity index (χ0v) is 25.2. The molecule has 0 aromatic heterocycles. The molecule has 0 unspecified atom stereocenters. The largest absolute Gasteiger partial charge is 0.466 e. The number of hydrogen-bond donors (Lipinski definition) is 0. The highest BCUT2D eigenvalue weighted by Crippen LogP contribution is 2.43. The van der Waals surface area contributed by atoms with Crippen molar-refractivity contribution in [2.24, 2.45) is 9.98 Å². The summed E-state index contributed by atoms with van der Waals surface area (Å²) < 4.78 is 9.34. The van der Waals surface area contributed by atoms with Crippen LogP contribution in [0.25, 0.3) is 0 Å². The number of hydrogen-bond acceptors (Lipinski definition) is 10. The van der Waals surface area contributed by atoms with Crippen LogP contribution in [-0.4, -0.2) is 60.1 Å². The summed E-state index contributed by atoms with van der Waals surface area (Å²) >= 11 is 1.62. The van der Waals surface area contributed by atoms with Gasteiger partial charge in [0.15, 0.2) is 10.3 Å². The van der Waals surface area contributed by atoms with Crippen molar-refractivity contribution in [1.29, 1.82) is 0 Å². The van der Waals surface area contributed by atoms with Gasteiger partial charge in [-0.1, -0.05) is 38.8 Å². The highest BCUT2D eigenvalue weighted by Gasteiger charge is 2.42. The smallest absolute Gasteiger partial charge is 0.331 e. The lowest BCUT2D eigenvalue weighted by Gasteiger charge is -2.24. The number of para-hydroxylation sites is 2.